The van der Waals surface area contributed by atoms with E-state index in [1.807, 2.05) is 32.9 Å². The lowest BCUT2D eigenvalue weighted by Gasteiger charge is -2.02. The van der Waals surface area contributed by atoms with Crippen molar-refractivity contribution in [2.75, 3.05) is 6.61 Å². The minimum absolute atomic E-state index is 0.288. The summed E-state index contributed by atoms with van der Waals surface area (Å²) in [6.45, 7) is 5.64. The molecule has 3 heteroatoms. The molecule has 0 saturated carbocycles. The smallest absolute Gasteiger partial charge is 0.341 e. The van der Waals surface area contributed by atoms with Gasteiger partial charge in [0.05, 0.1) is 0 Å². The minimum atomic E-state index is -0.962. The van der Waals surface area contributed by atoms with Crippen LogP contribution in [-0.2, 0) is 4.79 Å². The Kier molecular flexibility index (Phi) is 6.20. The number of benzene rings is 1. The van der Waals surface area contributed by atoms with Crippen molar-refractivity contribution in [1.82, 2.24) is 0 Å². The molecule has 1 aromatic carbocycles. The Morgan fingerprint density at radius 2 is 2.07 bits per heavy atom. The van der Waals surface area contributed by atoms with Gasteiger partial charge in [0.1, 0.15) is 5.75 Å². The van der Waals surface area contributed by atoms with Gasteiger partial charge in [-0.2, -0.15) is 0 Å². The van der Waals surface area contributed by atoms with Crippen LogP contribution in [0.4, 0.5) is 0 Å². The summed E-state index contributed by atoms with van der Waals surface area (Å²) in [5, 5.41) is 8.32. The fraction of sp³-hybridized carbons (Fsp3) is 0.364. The van der Waals surface area contributed by atoms with Crippen LogP contribution in [0.3, 0.4) is 0 Å². The van der Waals surface area contributed by atoms with Gasteiger partial charge >= 0.3 is 5.97 Å². The van der Waals surface area contributed by atoms with E-state index >= 15 is 0 Å². The van der Waals surface area contributed by atoms with Gasteiger partial charge in [0.15, 0.2) is 6.61 Å². The van der Waals surface area contributed by atoms with Crippen LogP contribution < -0.4 is 4.74 Å². The molecule has 1 aromatic rings. The molecule has 0 heterocycles. The molecule has 0 atom stereocenters. The minimum Gasteiger partial charge on any atom is -0.482 e. The van der Waals surface area contributed by atoms with E-state index in [0.29, 0.717) is 5.75 Å². The van der Waals surface area contributed by atoms with E-state index in [4.69, 9.17) is 9.84 Å². The maximum atomic E-state index is 10.1. The Hall–Kier alpha value is -1.51. The summed E-state index contributed by atoms with van der Waals surface area (Å²) in [4.78, 5) is 10.1. The van der Waals surface area contributed by atoms with Crippen molar-refractivity contribution >= 4 is 5.97 Å². The molecule has 0 aliphatic heterocycles. The third-order valence-electron chi connectivity index (χ3n) is 1.35. The molecule has 0 bridgehead atoms. The third kappa shape index (κ3) is 5.19. The molecule has 3 nitrogen and oxygen atoms in total. The largest absolute Gasteiger partial charge is 0.482 e. The third-order valence-corrected chi connectivity index (χ3v) is 1.35. The van der Waals surface area contributed by atoms with E-state index < -0.39 is 5.97 Å². The number of carboxylic acid groups (broad SMARTS) is 1. The average Bonchev–Trinajstić information content (AvgIpc) is 2.18. The van der Waals surface area contributed by atoms with Crippen molar-refractivity contribution in [3.05, 3.63) is 29.8 Å². The van der Waals surface area contributed by atoms with Crippen molar-refractivity contribution in [1.29, 1.82) is 0 Å². The molecule has 78 valence electrons. The van der Waals surface area contributed by atoms with Crippen LogP contribution in [0.15, 0.2) is 24.3 Å². The summed E-state index contributed by atoms with van der Waals surface area (Å²) in [7, 11) is 0. The monoisotopic (exact) mass is 196 g/mol. The molecular formula is C11H16O3. The quantitative estimate of drug-likeness (QED) is 0.807. The Balaban J connectivity index is 0.000000791. The lowest BCUT2D eigenvalue weighted by Crippen LogP contribution is -2.09. The van der Waals surface area contributed by atoms with Gasteiger partial charge in [0, 0.05) is 0 Å². The maximum Gasteiger partial charge on any atom is 0.341 e. The number of hydrogen-bond donors (Lipinski definition) is 1. The Bertz CT molecular complexity index is 282. The number of hydrogen-bond acceptors (Lipinski definition) is 2. The number of rotatable bonds is 3. The second-order valence-corrected chi connectivity index (χ2v) is 2.50. The van der Waals surface area contributed by atoms with Gasteiger partial charge in [-0.05, 0) is 24.6 Å². The molecule has 0 aliphatic rings. The molecule has 0 amide bonds. The Morgan fingerprint density at radius 1 is 1.43 bits per heavy atom. The van der Waals surface area contributed by atoms with Gasteiger partial charge in [-0.3, -0.25) is 0 Å². The van der Waals surface area contributed by atoms with Crippen molar-refractivity contribution < 1.29 is 14.6 Å². The molecule has 0 radical (unpaired) electrons. The molecule has 14 heavy (non-hydrogen) atoms. The summed E-state index contributed by atoms with van der Waals surface area (Å²) in [6, 6.07) is 7.28. The lowest BCUT2D eigenvalue weighted by molar-refractivity contribution is -0.139. The normalized spacial score (nSPS) is 8.50. The van der Waals surface area contributed by atoms with Crippen LogP contribution in [0.25, 0.3) is 0 Å². The van der Waals surface area contributed by atoms with Gasteiger partial charge < -0.3 is 9.84 Å². The topological polar surface area (TPSA) is 46.5 Å². The van der Waals surface area contributed by atoms with Crippen LogP contribution >= 0.6 is 0 Å². The van der Waals surface area contributed by atoms with E-state index in [9.17, 15) is 4.79 Å². The molecule has 0 unspecified atom stereocenters. The van der Waals surface area contributed by atoms with Gasteiger partial charge in [0.25, 0.3) is 0 Å². The molecule has 0 fully saturated rings. The molecule has 0 aromatic heterocycles. The van der Waals surface area contributed by atoms with Crippen LogP contribution in [0.1, 0.15) is 19.4 Å². The Morgan fingerprint density at radius 3 is 2.57 bits per heavy atom. The Labute approximate surface area is 84.3 Å². The summed E-state index contributed by atoms with van der Waals surface area (Å²) in [6.07, 6.45) is 0. The fourth-order valence-electron chi connectivity index (χ4n) is 0.850. The second kappa shape index (κ2) is 6.95. The second-order valence-electron chi connectivity index (χ2n) is 2.50. The van der Waals surface area contributed by atoms with E-state index in [1.54, 1.807) is 12.1 Å². The molecule has 0 spiro atoms. The lowest BCUT2D eigenvalue weighted by atomic mass is 10.2. The number of aliphatic carboxylic acids is 1. The first kappa shape index (κ1) is 12.5. The van der Waals surface area contributed by atoms with Crippen LogP contribution in [-0.4, -0.2) is 17.7 Å². The van der Waals surface area contributed by atoms with E-state index in [-0.39, 0.29) is 6.61 Å². The van der Waals surface area contributed by atoms with Crippen molar-refractivity contribution in [2.45, 2.75) is 20.8 Å². The van der Waals surface area contributed by atoms with Crippen molar-refractivity contribution in [2.24, 2.45) is 0 Å². The zero-order chi connectivity index (χ0) is 11.0. The predicted octanol–water partition coefficient (Wildman–Crippen LogP) is 2.48. The first-order valence-corrected chi connectivity index (χ1v) is 4.60. The first-order chi connectivity index (χ1) is 6.68. The van der Waals surface area contributed by atoms with Crippen molar-refractivity contribution in [3.63, 3.8) is 0 Å². The van der Waals surface area contributed by atoms with Crippen LogP contribution in [0.2, 0.25) is 0 Å². The zero-order valence-electron chi connectivity index (χ0n) is 8.78. The maximum absolute atomic E-state index is 10.1. The molecule has 1 N–H and O–H groups in total. The molecular weight excluding hydrogens is 180 g/mol. The van der Waals surface area contributed by atoms with E-state index in [1.165, 1.54) is 0 Å². The summed E-state index contributed by atoms with van der Waals surface area (Å²) in [5.74, 6) is -0.367. The van der Waals surface area contributed by atoms with Crippen molar-refractivity contribution in [3.8, 4) is 5.75 Å². The van der Waals surface area contributed by atoms with Gasteiger partial charge in [-0.15, -0.1) is 0 Å². The van der Waals surface area contributed by atoms with Crippen LogP contribution in [0, 0.1) is 6.92 Å². The highest BCUT2D eigenvalue weighted by Crippen LogP contribution is 2.11. The van der Waals surface area contributed by atoms with Gasteiger partial charge in [0.2, 0.25) is 0 Å². The number of ether oxygens (including phenoxy) is 1. The molecule has 1 rings (SSSR count). The van der Waals surface area contributed by atoms with E-state index in [0.717, 1.165) is 5.56 Å². The fourth-order valence-corrected chi connectivity index (χ4v) is 0.850. The zero-order valence-corrected chi connectivity index (χ0v) is 8.78. The SMILES string of the molecule is CC.Cc1cccc(OCC(=O)O)c1. The van der Waals surface area contributed by atoms with E-state index in [2.05, 4.69) is 0 Å². The first-order valence-electron chi connectivity index (χ1n) is 4.60. The highest BCUT2D eigenvalue weighted by atomic mass is 16.5. The highest BCUT2D eigenvalue weighted by Gasteiger charge is 1.97. The predicted molar refractivity (Wildman–Crippen MR) is 55.7 cm³/mol. The molecule has 0 aliphatic carbocycles. The summed E-state index contributed by atoms with van der Waals surface area (Å²) in [5.41, 5.74) is 1.05. The number of carbonyl (C=O) groups is 1. The standard InChI is InChI=1S/C9H10O3.C2H6/c1-7-3-2-4-8(5-7)12-6-9(10)11;1-2/h2-5H,6H2,1H3,(H,10,11);1-2H3. The average molecular weight is 196 g/mol. The highest BCUT2D eigenvalue weighted by molar-refractivity contribution is 5.68. The number of carboxylic acids is 1. The van der Waals surface area contributed by atoms with Gasteiger partial charge in [-0.1, -0.05) is 26.0 Å². The van der Waals surface area contributed by atoms with Crippen LogP contribution in [0.5, 0.6) is 5.75 Å². The molecule has 0 saturated heterocycles. The summed E-state index contributed by atoms with van der Waals surface area (Å²) >= 11 is 0. The summed E-state index contributed by atoms with van der Waals surface area (Å²) < 4.78 is 4.95. The van der Waals surface area contributed by atoms with Gasteiger partial charge in [-0.25, -0.2) is 4.79 Å². The number of aryl methyl sites for hydroxylation is 1.